The van der Waals surface area contributed by atoms with Crippen molar-refractivity contribution in [3.05, 3.63) is 207 Å². The summed E-state index contributed by atoms with van der Waals surface area (Å²) < 4.78 is 13.4. The second-order valence-electron chi connectivity index (χ2n) is 22.8. The van der Waals surface area contributed by atoms with Gasteiger partial charge in [-0.3, -0.25) is 0 Å². The Kier molecular flexibility index (Phi) is 8.36. The van der Waals surface area contributed by atoms with E-state index in [1.165, 1.54) is 122 Å². The van der Waals surface area contributed by atoms with E-state index in [2.05, 4.69) is 227 Å². The van der Waals surface area contributed by atoms with Gasteiger partial charge in [0.15, 0.2) is 0 Å². The summed E-state index contributed by atoms with van der Waals surface area (Å²) >= 11 is 0. The van der Waals surface area contributed by atoms with Gasteiger partial charge in [-0.1, -0.05) is 138 Å². The van der Waals surface area contributed by atoms with Crippen molar-refractivity contribution >= 4 is 60.9 Å². The van der Waals surface area contributed by atoms with Gasteiger partial charge in [-0.25, -0.2) is 0 Å². The van der Waals surface area contributed by atoms with Crippen molar-refractivity contribution in [3.8, 4) is 44.5 Å². The van der Waals surface area contributed by atoms with Gasteiger partial charge in [0.05, 0.1) is 5.69 Å². The van der Waals surface area contributed by atoms with Gasteiger partial charge in [-0.15, -0.1) is 0 Å². The van der Waals surface area contributed by atoms with Gasteiger partial charge in [0.1, 0.15) is 22.3 Å². The quantitative estimate of drug-likeness (QED) is 0.176. The monoisotopic (exact) mass is 919 g/mol. The van der Waals surface area contributed by atoms with Crippen molar-refractivity contribution in [1.82, 2.24) is 0 Å². The minimum Gasteiger partial charge on any atom is -0.456 e. The first-order valence-electron chi connectivity index (χ1n) is 25.4. The van der Waals surface area contributed by atoms with Gasteiger partial charge in [0.2, 0.25) is 0 Å². The lowest BCUT2D eigenvalue weighted by atomic mass is 9.79. The highest BCUT2D eigenvalue weighted by molar-refractivity contribution is 6.19. The van der Waals surface area contributed by atoms with Crippen LogP contribution in [0.3, 0.4) is 0 Å². The smallest absolute Gasteiger partial charge is 0.143 e. The lowest BCUT2D eigenvalue weighted by Gasteiger charge is -2.32. The number of benzene rings is 9. The van der Waals surface area contributed by atoms with Crippen LogP contribution in [-0.2, 0) is 16.2 Å². The average Bonchev–Trinajstić information content (AvgIpc) is 4.09. The molecule has 3 aliphatic carbocycles. The number of rotatable bonds is 4. The lowest BCUT2D eigenvalue weighted by Crippen LogP contribution is -2.19. The maximum atomic E-state index is 6.89. The van der Waals surface area contributed by atoms with E-state index in [0.717, 1.165) is 44.7 Å². The van der Waals surface area contributed by atoms with Crippen LogP contribution in [0.4, 0.5) is 17.1 Å². The summed E-state index contributed by atoms with van der Waals surface area (Å²) in [6.07, 6.45) is 0. The molecule has 9 aromatic carbocycles. The Balaban J connectivity index is 0.949. The average molecular weight is 920 g/mol. The Labute approximate surface area is 416 Å². The first kappa shape index (κ1) is 42.3. The molecule has 0 atom stereocenters. The van der Waals surface area contributed by atoms with E-state index < -0.39 is 0 Å². The Morgan fingerprint density at radius 2 is 0.873 bits per heavy atom. The Morgan fingerprint density at radius 1 is 0.352 bits per heavy atom. The van der Waals surface area contributed by atoms with Gasteiger partial charge < -0.3 is 13.7 Å². The van der Waals surface area contributed by atoms with Gasteiger partial charge in [-0.2, -0.15) is 0 Å². The molecule has 0 radical (unpaired) electrons. The van der Waals surface area contributed by atoms with Crippen LogP contribution in [0.25, 0.3) is 88.4 Å². The van der Waals surface area contributed by atoms with Crippen LogP contribution in [0.5, 0.6) is 0 Å². The number of fused-ring (bicyclic) bond motifs is 17. The summed E-state index contributed by atoms with van der Waals surface area (Å²) in [5.74, 6) is 0. The highest BCUT2D eigenvalue weighted by Gasteiger charge is 2.44. The zero-order valence-corrected chi connectivity index (χ0v) is 42.6. The molecule has 0 saturated carbocycles. The molecule has 346 valence electrons. The third-order valence-corrected chi connectivity index (χ3v) is 17.3. The first-order chi connectivity index (χ1) is 34.0. The number of anilines is 3. The van der Waals surface area contributed by atoms with E-state index in [1.54, 1.807) is 0 Å². The third kappa shape index (κ3) is 5.55. The molecule has 0 fully saturated rings. The number of nitrogens with zero attached hydrogens (tertiary/aromatic N) is 1. The molecule has 0 bridgehead atoms. The summed E-state index contributed by atoms with van der Waals surface area (Å²) in [6.45, 7) is 25.6. The van der Waals surface area contributed by atoms with E-state index in [0.29, 0.717) is 0 Å². The van der Waals surface area contributed by atoms with Crippen molar-refractivity contribution in [2.75, 3.05) is 4.90 Å². The molecule has 14 rings (SSSR count). The molecule has 71 heavy (non-hydrogen) atoms. The molecule has 3 heteroatoms. The van der Waals surface area contributed by atoms with Crippen LogP contribution in [0.2, 0.25) is 0 Å². The lowest BCUT2D eigenvalue weighted by molar-refractivity contribution is 0.651. The molecule has 2 heterocycles. The van der Waals surface area contributed by atoms with Gasteiger partial charge in [0.25, 0.3) is 0 Å². The zero-order valence-electron chi connectivity index (χ0n) is 42.6. The molecule has 2 aromatic heterocycles. The summed E-state index contributed by atoms with van der Waals surface area (Å²) in [6, 6.07) is 55.1. The van der Waals surface area contributed by atoms with Crippen molar-refractivity contribution in [2.45, 2.75) is 92.4 Å². The van der Waals surface area contributed by atoms with Gasteiger partial charge >= 0.3 is 0 Å². The van der Waals surface area contributed by atoms with Crippen molar-refractivity contribution in [2.24, 2.45) is 0 Å². The van der Waals surface area contributed by atoms with Crippen molar-refractivity contribution < 1.29 is 8.83 Å². The Hall–Kier alpha value is -7.62. The number of para-hydroxylation sites is 2. The standard InChI is InChI=1S/C68H57NO2/c1-36-20-23-43(38(3)28-36)49-34-56-60(63-47-17-13-15-19-58(47)71-65(49)63)45-25-22-42(32-53(45)68(56,10)11)69(64-39(4)29-37(2)30-40(64)5)41-21-24-44-48-33-55-50(35-54(48)67(8,9)52(44)31-41)61-51(66(55,6)7)26-27-59-62(61)46-16-12-14-18-57(46)70-59/h12-35H,1-11H3. The maximum absolute atomic E-state index is 6.89. The summed E-state index contributed by atoms with van der Waals surface area (Å²) in [7, 11) is 0. The predicted molar refractivity (Wildman–Crippen MR) is 297 cm³/mol. The SMILES string of the molecule is Cc1ccc(-c2cc3c(c4c2oc2ccccc24)-c2ccc(N(c4ccc5c(c4)C(C)(C)c4cc6c(cc4-5)C(C)(C)c4ccc5oc7ccccc7c5c4-6)c4c(C)cc(C)cc4C)cc2C3(C)C)c(C)c1. The molecule has 0 aliphatic heterocycles. The van der Waals surface area contributed by atoms with Gasteiger partial charge in [-0.05, 0) is 184 Å². The van der Waals surface area contributed by atoms with Crippen LogP contribution in [-0.4, -0.2) is 0 Å². The molecule has 3 nitrogen and oxygen atoms in total. The molecule has 0 N–H and O–H groups in total. The number of aryl methyl sites for hydroxylation is 5. The third-order valence-electron chi connectivity index (χ3n) is 17.3. The molecule has 11 aromatic rings. The molecule has 0 unspecified atom stereocenters. The van der Waals surface area contributed by atoms with Crippen molar-refractivity contribution in [1.29, 1.82) is 0 Å². The molecule has 0 saturated heterocycles. The minimum absolute atomic E-state index is 0.172. The van der Waals surface area contributed by atoms with Crippen LogP contribution in [0.15, 0.2) is 154 Å². The normalized spacial score (nSPS) is 15.3. The Bertz CT molecular complexity index is 4180. The predicted octanol–water partition coefficient (Wildman–Crippen LogP) is 19.1. The van der Waals surface area contributed by atoms with Gasteiger partial charge in [0, 0.05) is 54.7 Å². The number of hydrogen-bond donors (Lipinski definition) is 0. The first-order valence-corrected chi connectivity index (χ1v) is 25.4. The van der Waals surface area contributed by atoms with Crippen LogP contribution >= 0.6 is 0 Å². The molecule has 3 aliphatic rings. The molecule has 0 spiro atoms. The van der Waals surface area contributed by atoms with Crippen LogP contribution in [0, 0.1) is 34.6 Å². The summed E-state index contributed by atoms with van der Waals surface area (Å²) in [4.78, 5) is 2.55. The van der Waals surface area contributed by atoms with E-state index in [4.69, 9.17) is 8.83 Å². The summed E-state index contributed by atoms with van der Waals surface area (Å²) in [5.41, 5.74) is 31.3. The minimum atomic E-state index is -0.299. The largest absolute Gasteiger partial charge is 0.456 e. The number of hydrogen-bond acceptors (Lipinski definition) is 3. The maximum Gasteiger partial charge on any atom is 0.143 e. The fraction of sp³-hybridized carbons (Fsp3) is 0.206. The van der Waals surface area contributed by atoms with E-state index in [1.807, 2.05) is 0 Å². The van der Waals surface area contributed by atoms with Crippen molar-refractivity contribution in [3.63, 3.8) is 0 Å². The van der Waals surface area contributed by atoms with Crippen LogP contribution in [0.1, 0.15) is 103 Å². The molecule has 0 amide bonds. The summed E-state index contributed by atoms with van der Waals surface area (Å²) in [5, 5.41) is 4.77. The second kappa shape index (κ2) is 14.0. The second-order valence-corrected chi connectivity index (χ2v) is 22.8. The fourth-order valence-corrected chi connectivity index (χ4v) is 13.9. The highest BCUT2D eigenvalue weighted by atomic mass is 16.3. The Morgan fingerprint density at radius 3 is 1.58 bits per heavy atom. The fourth-order valence-electron chi connectivity index (χ4n) is 13.9. The number of furan rings is 2. The topological polar surface area (TPSA) is 29.5 Å². The zero-order chi connectivity index (χ0) is 48.8. The van der Waals surface area contributed by atoms with E-state index in [-0.39, 0.29) is 16.2 Å². The molecular weight excluding hydrogens is 863 g/mol. The van der Waals surface area contributed by atoms with Crippen LogP contribution < -0.4 is 4.90 Å². The van der Waals surface area contributed by atoms with E-state index in [9.17, 15) is 0 Å². The molecular formula is C68H57NO2. The highest BCUT2D eigenvalue weighted by Crippen LogP contribution is 2.60. The van der Waals surface area contributed by atoms with E-state index >= 15 is 0 Å².